The summed E-state index contributed by atoms with van der Waals surface area (Å²) in [4.78, 5) is 24.4. The van der Waals surface area contributed by atoms with Gasteiger partial charge in [0, 0.05) is 0 Å². The van der Waals surface area contributed by atoms with Gasteiger partial charge in [-0.2, -0.15) is 4.39 Å². The second kappa shape index (κ2) is 6.07. The van der Waals surface area contributed by atoms with Gasteiger partial charge in [0.1, 0.15) is 5.69 Å². The van der Waals surface area contributed by atoms with Crippen molar-refractivity contribution in [1.29, 1.82) is 0 Å². The third-order valence-electron chi connectivity index (χ3n) is 3.27. The Kier molecular flexibility index (Phi) is 4.06. The highest BCUT2D eigenvalue weighted by Crippen LogP contribution is 2.12. The van der Waals surface area contributed by atoms with Crippen LogP contribution in [0.1, 0.15) is 5.69 Å². The van der Waals surface area contributed by atoms with Crippen LogP contribution in [0.5, 0.6) is 0 Å². The number of rotatable bonds is 4. The first-order valence-corrected chi connectivity index (χ1v) is 8.32. The Bertz CT molecular complexity index is 1150. The molecule has 3 rings (SSSR count). The zero-order valence-electron chi connectivity index (χ0n) is 12.5. The van der Waals surface area contributed by atoms with E-state index in [1.54, 1.807) is 0 Å². The lowest BCUT2D eigenvalue weighted by atomic mass is 10.3. The molecule has 0 bridgehead atoms. The predicted molar refractivity (Wildman–Crippen MR) is 83.1 cm³/mol. The Morgan fingerprint density at radius 2 is 1.84 bits per heavy atom. The third-order valence-corrected chi connectivity index (χ3v) is 4.20. The van der Waals surface area contributed by atoms with Crippen molar-refractivity contribution in [2.45, 2.75) is 11.4 Å². The summed E-state index contributed by atoms with van der Waals surface area (Å²) in [7, 11) is -3.80. The molecule has 2 heterocycles. The summed E-state index contributed by atoms with van der Waals surface area (Å²) in [5, 5.41) is 12.7. The Morgan fingerprint density at radius 3 is 2.48 bits per heavy atom. The second-order valence-electron chi connectivity index (χ2n) is 5.06. The van der Waals surface area contributed by atoms with Crippen molar-refractivity contribution in [3.63, 3.8) is 0 Å². The maximum absolute atomic E-state index is 13.3. The van der Waals surface area contributed by atoms with E-state index in [9.17, 15) is 22.4 Å². The highest BCUT2D eigenvalue weighted by Gasteiger charge is 2.10. The van der Waals surface area contributed by atoms with E-state index in [-0.39, 0.29) is 11.4 Å². The van der Waals surface area contributed by atoms with Crippen LogP contribution in [0, 0.1) is 5.82 Å². The van der Waals surface area contributed by atoms with Gasteiger partial charge in [-0.1, -0.05) is 5.21 Å². The monoisotopic (exact) mass is 366 g/mol. The summed E-state index contributed by atoms with van der Waals surface area (Å²) in [6, 6.07) is 5.58. The standard InChI is InChI=1S/C13H11FN6O4S/c14-11-7-19(13(22)16-12(11)21)5-8-6-20(18-17-8)9-1-3-10(4-2-9)25(15,23)24/h1-4,6-7H,5H2,(H2,15,23,24)(H,16,21,22). The molecular weight excluding hydrogens is 355 g/mol. The minimum Gasteiger partial charge on any atom is -0.292 e. The average Bonchev–Trinajstić information content (AvgIpc) is 3.00. The fourth-order valence-corrected chi connectivity index (χ4v) is 2.58. The van der Waals surface area contributed by atoms with E-state index in [0.717, 1.165) is 10.8 Å². The molecule has 0 saturated heterocycles. The number of nitrogens with one attached hydrogen (secondary N) is 1. The number of primary sulfonamides is 1. The van der Waals surface area contributed by atoms with Crippen molar-refractivity contribution in [3.05, 3.63) is 69.0 Å². The molecule has 0 saturated carbocycles. The quantitative estimate of drug-likeness (QED) is 0.602. The van der Waals surface area contributed by atoms with E-state index >= 15 is 0 Å². The molecule has 10 nitrogen and oxygen atoms in total. The van der Waals surface area contributed by atoms with Crippen molar-refractivity contribution in [3.8, 4) is 5.69 Å². The van der Waals surface area contributed by atoms with Gasteiger partial charge in [0.15, 0.2) is 0 Å². The lowest BCUT2D eigenvalue weighted by Gasteiger charge is -2.02. The molecule has 0 amide bonds. The molecule has 0 radical (unpaired) electrons. The number of hydrogen-bond donors (Lipinski definition) is 2. The van der Waals surface area contributed by atoms with Crippen molar-refractivity contribution in [2.75, 3.05) is 0 Å². The van der Waals surface area contributed by atoms with Gasteiger partial charge in [0.25, 0.3) is 5.56 Å². The Labute approximate surface area is 139 Å². The molecular formula is C13H11FN6O4S. The SMILES string of the molecule is NS(=O)(=O)c1ccc(-n2cc(Cn3cc(F)c(=O)[nH]c3=O)nn2)cc1. The molecule has 1 aromatic carbocycles. The summed E-state index contributed by atoms with van der Waals surface area (Å²) in [5.74, 6) is -1.09. The molecule has 0 spiro atoms. The number of aromatic nitrogens is 5. The van der Waals surface area contributed by atoms with Gasteiger partial charge in [-0.15, -0.1) is 5.10 Å². The van der Waals surface area contributed by atoms with Gasteiger partial charge >= 0.3 is 5.69 Å². The molecule has 130 valence electrons. The highest BCUT2D eigenvalue weighted by atomic mass is 32.2. The molecule has 0 aliphatic rings. The van der Waals surface area contributed by atoms with Crippen LogP contribution in [0.3, 0.4) is 0 Å². The van der Waals surface area contributed by atoms with Crippen molar-refractivity contribution < 1.29 is 12.8 Å². The first-order valence-electron chi connectivity index (χ1n) is 6.78. The van der Waals surface area contributed by atoms with E-state index < -0.39 is 27.1 Å². The summed E-state index contributed by atoms with van der Waals surface area (Å²) in [6.45, 7) is -0.109. The summed E-state index contributed by atoms with van der Waals surface area (Å²) >= 11 is 0. The average molecular weight is 366 g/mol. The lowest BCUT2D eigenvalue weighted by Crippen LogP contribution is -2.31. The van der Waals surface area contributed by atoms with Crippen LogP contribution in [-0.2, 0) is 16.6 Å². The Balaban J connectivity index is 1.87. The van der Waals surface area contributed by atoms with Gasteiger partial charge in [-0.3, -0.25) is 14.3 Å². The first kappa shape index (κ1) is 16.7. The number of benzene rings is 1. The zero-order chi connectivity index (χ0) is 18.2. The van der Waals surface area contributed by atoms with Crippen LogP contribution in [-0.4, -0.2) is 33.0 Å². The number of nitrogens with zero attached hydrogens (tertiary/aromatic N) is 4. The van der Waals surface area contributed by atoms with Crippen LogP contribution in [0.15, 0.2) is 51.1 Å². The van der Waals surface area contributed by atoms with E-state index in [0.29, 0.717) is 11.4 Å². The van der Waals surface area contributed by atoms with Crippen molar-refractivity contribution in [1.82, 2.24) is 24.5 Å². The number of nitrogens with two attached hydrogens (primary N) is 1. The predicted octanol–water partition coefficient (Wildman–Crippen LogP) is -1.05. The van der Waals surface area contributed by atoms with Gasteiger partial charge in [0.05, 0.1) is 29.5 Å². The molecule has 2 aromatic heterocycles. The molecule has 12 heteroatoms. The largest absolute Gasteiger partial charge is 0.328 e. The Hall–Kier alpha value is -3.12. The molecule has 0 aliphatic heterocycles. The van der Waals surface area contributed by atoms with Gasteiger partial charge in [-0.05, 0) is 24.3 Å². The van der Waals surface area contributed by atoms with Crippen molar-refractivity contribution in [2.24, 2.45) is 5.14 Å². The van der Waals surface area contributed by atoms with Gasteiger partial charge in [-0.25, -0.2) is 23.0 Å². The molecule has 3 N–H and O–H groups in total. The molecule has 0 fully saturated rings. The van der Waals surface area contributed by atoms with Crippen LogP contribution >= 0.6 is 0 Å². The molecule has 0 aliphatic carbocycles. The maximum Gasteiger partial charge on any atom is 0.328 e. The summed E-state index contributed by atoms with van der Waals surface area (Å²) in [6.07, 6.45) is 2.25. The smallest absolute Gasteiger partial charge is 0.292 e. The third kappa shape index (κ3) is 3.54. The summed E-state index contributed by atoms with van der Waals surface area (Å²) in [5.41, 5.74) is -1.05. The number of halogens is 1. The molecule has 0 unspecified atom stereocenters. The zero-order valence-corrected chi connectivity index (χ0v) is 13.3. The van der Waals surface area contributed by atoms with E-state index in [2.05, 4.69) is 10.3 Å². The number of H-pyrrole nitrogens is 1. The fourth-order valence-electron chi connectivity index (χ4n) is 2.06. The topological polar surface area (TPSA) is 146 Å². The van der Waals surface area contributed by atoms with Gasteiger partial charge in [0.2, 0.25) is 15.8 Å². The second-order valence-corrected chi connectivity index (χ2v) is 6.62. The minimum atomic E-state index is -3.80. The van der Waals surface area contributed by atoms with Crippen molar-refractivity contribution >= 4 is 10.0 Å². The van der Waals surface area contributed by atoms with Crippen LogP contribution in [0.2, 0.25) is 0 Å². The molecule has 25 heavy (non-hydrogen) atoms. The molecule has 0 atom stereocenters. The van der Waals surface area contributed by atoms with Crippen LogP contribution in [0.4, 0.5) is 4.39 Å². The highest BCUT2D eigenvalue weighted by molar-refractivity contribution is 7.89. The maximum atomic E-state index is 13.3. The summed E-state index contributed by atoms with van der Waals surface area (Å²) < 4.78 is 38.0. The van der Waals surface area contributed by atoms with E-state index in [1.165, 1.54) is 35.1 Å². The van der Waals surface area contributed by atoms with Gasteiger partial charge < -0.3 is 0 Å². The normalized spacial score (nSPS) is 11.6. The first-order chi connectivity index (χ1) is 11.7. The number of hydrogen-bond acceptors (Lipinski definition) is 6. The van der Waals surface area contributed by atoms with Crippen LogP contribution < -0.4 is 16.4 Å². The lowest BCUT2D eigenvalue weighted by molar-refractivity contribution is 0.563. The number of aromatic amines is 1. The molecule has 3 aromatic rings. The minimum absolute atomic E-state index is 0.0492. The van der Waals surface area contributed by atoms with Crippen LogP contribution in [0.25, 0.3) is 5.69 Å². The Morgan fingerprint density at radius 1 is 1.16 bits per heavy atom. The fraction of sp³-hybridized carbons (Fsp3) is 0.0769. The van der Waals surface area contributed by atoms with E-state index in [4.69, 9.17) is 5.14 Å². The number of sulfonamides is 1. The van der Waals surface area contributed by atoms with E-state index in [1.807, 2.05) is 4.98 Å².